The third kappa shape index (κ3) is 5.19. The summed E-state index contributed by atoms with van der Waals surface area (Å²) in [5.74, 6) is 0.752. The van der Waals surface area contributed by atoms with Crippen LogP contribution in [0.3, 0.4) is 0 Å². The minimum Gasteiger partial charge on any atom is -0.388 e. The van der Waals surface area contributed by atoms with Crippen molar-refractivity contribution in [1.29, 1.82) is 0 Å². The van der Waals surface area contributed by atoms with E-state index in [4.69, 9.17) is 4.74 Å². The lowest BCUT2D eigenvalue weighted by Crippen LogP contribution is -2.28. The lowest BCUT2D eigenvalue weighted by molar-refractivity contribution is -0.0170. The van der Waals surface area contributed by atoms with Crippen molar-refractivity contribution in [2.75, 3.05) is 37.5 Å². The Labute approximate surface area is 132 Å². The molecule has 118 valence electrons. The van der Waals surface area contributed by atoms with Gasteiger partial charge in [0.25, 0.3) is 10.1 Å². The SMILES string of the molecule is CS(=O)(=O)OCCO[C@@H]1CN(c2cccc(Br)n2)C[C@H]1O. The van der Waals surface area contributed by atoms with Gasteiger partial charge in [0.1, 0.15) is 16.5 Å². The molecule has 0 amide bonds. The van der Waals surface area contributed by atoms with E-state index >= 15 is 0 Å². The molecule has 1 aromatic rings. The van der Waals surface area contributed by atoms with Crippen LogP contribution in [0.1, 0.15) is 0 Å². The standard InChI is InChI=1S/C12H17BrN2O5S/c1-21(17,18)20-6-5-19-10-8-15(7-9(10)16)12-4-2-3-11(13)14-12/h2-4,9-10,16H,5-8H2,1H3/t9-,10-/m1/s1. The quantitative estimate of drug-likeness (QED) is 0.433. The van der Waals surface area contributed by atoms with E-state index in [1.54, 1.807) is 0 Å². The first-order chi connectivity index (χ1) is 9.85. The van der Waals surface area contributed by atoms with E-state index in [1.165, 1.54) is 0 Å². The number of anilines is 1. The molecule has 0 bridgehead atoms. The van der Waals surface area contributed by atoms with E-state index in [0.29, 0.717) is 13.1 Å². The monoisotopic (exact) mass is 380 g/mol. The van der Waals surface area contributed by atoms with Crippen molar-refractivity contribution in [3.63, 3.8) is 0 Å². The van der Waals surface area contributed by atoms with Gasteiger partial charge in [0.2, 0.25) is 0 Å². The summed E-state index contributed by atoms with van der Waals surface area (Å²) in [5, 5.41) is 9.98. The van der Waals surface area contributed by atoms with Gasteiger partial charge in [-0.05, 0) is 28.1 Å². The van der Waals surface area contributed by atoms with Gasteiger partial charge in [0.15, 0.2) is 0 Å². The van der Waals surface area contributed by atoms with Crippen LogP contribution in [0.2, 0.25) is 0 Å². The number of hydrogen-bond donors (Lipinski definition) is 1. The van der Waals surface area contributed by atoms with Crippen molar-refractivity contribution in [3.05, 3.63) is 22.8 Å². The molecule has 7 nitrogen and oxygen atoms in total. The van der Waals surface area contributed by atoms with Gasteiger partial charge in [-0.25, -0.2) is 4.98 Å². The maximum absolute atomic E-state index is 10.8. The molecule has 2 atom stereocenters. The molecule has 0 radical (unpaired) electrons. The maximum Gasteiger partial charge on any atom is 0.264 e. The molecular weight excluding hydrogens is 364 g/mol. The molecule has 2 rings (SSSR count). The van der Waals surface area contributed by atoms with Gasteiger partial charge in [-0.15, -0.1) is 0 Å². The summed E-state index contributed by atoms with van der Waals surface area (Å²) >= 11 is 3.30. The minimum atomic E-state index is -3.46. The minimum absolute atomic E-state index is 0.0583. The van der Waals surface area contributed by atoms with Gasteiger partial charge in [-0.2, -0.15) is 8.42 Å². The van der Waals surface area contributed by atoms with E-state index in [2.05, 4.69) is 25.1 Å². The Hall–Kier alpha value is -0.740. The van der Waals surface area contributed by atoms with Crippen molar-refractivity contribution in [2.45, 2.75) is 12.2 Å². The van der Waals surface area contributed by atoms with Gasteiger partial charge in [0.05, 0.1) is 25.6 Å². The number of halogens is 1. The highest BCUT2D eigenvalue weighted by Gasteiger charge is 2.32. The van der Waals surface area contributed by atoms with Crippen LogP contribution in [0, 0.1) is 0 Å². The molecule has 1 aliphatic rings. The highest BCUT2D eigenvalue weighted by molar-refractivity contribution is 9.10. The highest BCUT2D eigenvalue weighted by atomic mass is 79.9. The zero-order valence-electron chi connectivity index (χ0n) is 11.5. The van der Waals surface area contributed by atoms with E-state index in [1.807, 2.05) is 23.1 Å². The molecule has 9 heteroatoms. The van der Waals surface area contributed by atoms with Crippen LogP contribution in [0.4, 0.5) is 5.82 Å². The molecular formula is C12H17BrN2O5S. The molecule has 2 heterocycles. The van der Waals surface area contributed by atoms with Gasteiger partial charge in [0, 0.05) is 13.1 Å². The van der Waals surface area contributed by atoms with E-state index < -0.39 is 22.3 Å². The Morgan fingerprint density at radius 1 is 1.43 bits per heavy atom. The number of β-amino-alcohol motifs (C(OH)–C–C–N with tert-alkyl or cyclic N) is 1. The Morgan fingerprint density at radius 3 is 2.86 bits per heavy atom. The lowest BCUT2D eigenvalue weighted by atomic mass is 10.3. The van der Waals surface area contributed by atoms with Crippen LogP contribution >= 0.6 is 15.9 Å². The summed E-state index contributed by atoms with van der Waals surface area (Å²) < 4.78 is 32.4. The third-order valence-electron chi connectivity index (χ3n) is 2.97. The molecule has 21 heavy (non-hydrogen) atoms. The third-order valence-corrected chi connectivity index (χ3v) is 4.01. The molecule has 1 fully saturated rings. The number of rotatable bonds is 6. The molecule has 0 saturated carbocycles. The number of aromatic nitrogens is 1. The van der Waals surface area contributed by atoms with Gasteiger partial charge >= 0.3 is 0 Å². The fraction of sp³-hybridized carbons (Fsp3) is 0.583. The molecule has 0 aliphatic carbocycles. The molecule has 0 unspecified atom stereocenters. The van der Waals surface area contributed by atoms with Crippen LogP contribution in [-0.4, -0.2) is 63.3 Å². The van der Waals surface area contributed by atoms with Gasteiger partial charge in [-0.3, -0.25) is 4.18 Å². The molecule has 1 aliphatic heterocycles. The second-order valence-corrected chi connectivity index (χ2v) is 7.18. The second kappa shape index (κ2) is 7.01. The summed E-state index contributed by atoms with van der Waals surface area (Å²) in [6.07, 6.45) is -0.0593. The molecule has 1 N–H and O–H groups in total. The first kappa shape index (κ1) is 16.6. The number of pyridine rings is 1. The average Bonchev–Trinajstić information content (AvgIpc) is 2.75. The first-order valence-electron chi connectivity index (χ1n) is 6.37. The predicted molar refractivity (Wildman–Crippen MR) is 80.7 cm³/mol. The summed E-state index contributed by atoms with van der Waals surface area (Å²) in [5.41, 5.74) is 0. The zero-order chi connectivity index (χ0) is 15.5. The van der Waals surface area contributed by atoms with Crippen LogP contribution in [0.5, 0.6) is 0 Å². The predicted octanol–water partition coefficient (Wildman–Crippen LogP) is 0.386. The molecule has 1 saturated heterocycles. The van der Waals surface area contributed by atoms with Crippen molar-refractivity contribution >= 4 is 31.9 Å². The Morgan fingerprint density at radius 2 is 2.19 bits per heavy atom. The van der Waals surface area contributed by atoms with E-state index in [9.17, 15) is 13.5 Å². The van der Waals surface area contributed by atoms with Crippen molar-refractivity contribution < 1.29 is 22.4 Å². The summed E-state index contributed by atoms with van der Waals surface area (Å²) in [6.45, 7) is 0.955. The Balaban J connectivity index is 1.84. The van der Waals surface area contributed by atoms with Crippen molar-refractivity contribution in [2.24, 2.45) is 0 Å². The molecule has 0 aromatic carbocycles. The topological polar surface area (TPSA) is 89.0 Å². The van der Waals surface area contributed by atoms with Crippen molar-refractivity contribution in [1.82, 2.24) is 4.98 Å². The maximum atomic E-state index is 10.8. The van der Waals surface area contributed by atoms with Crippen LogP contribution < -0.4 is 4.90 Å². The second-order valence-electron chi connectivity index (χ2n) is 4.73. The smallest absolute Gasteiger partial charge is 0.264 e. The number of nitrogens with zero attached hydrogens (tertiary/aromatic N) is 2. The van der Waals surface area contributed by atoms with Gasteiger partial charge < -0.3 is 14.7 Å². The fourth-order valence-corrected chi connectivity index (χ4v) is 2.77. The average molecular weight is 381 g/mol. The molecule has 0 spiro atoms. The largest absolute Gasteiger partial charge is 0.388 e. The number of aliphatic hydroxyl groups excluding tert-OH is 1. The van der Waals surface area contributed by atoms with Crippen LogP contribution in [0.25, 0.3) is 0 Å². The van der Waals surface area contributed by atoms with Crippen LogP contribution in [0.15, 0.2) is 22.8 Å². The summed E-state index contributed by atoms with van der Waals surface area (Å²) in [6, 6.07) is 5.55. The fourth-order valence-electron chi connectivity index (χ4n) is 2.07. The lowest BCUT2D eigenvalue weighted by Gasteiger charge is -2.17. The number of hydrogen-bond acceptors (Lipinski definition) is 7. The van der Waals surface area contributed by atoms with E-state index in [0.717, 1.165) is 16.7 Å². The Bertz CT molecular complexity index is 583. The summed E-state index contributed by atoms with van der Waals surface area (Å²) in [7, 11) is -3.46. The van der Waals surface area contributed by atoms with Crippen molar-refractivity contribution in [3.8, 4) is 0 Å². The van der Waals surface area contributed by atoms with E-state index in [-0.39, 0.29) is 13.2 Å². The van der Waals surface area contributed by atoms with Gasteiger partial charge in [-0.1, -0.05) is 6.07 Å². The zero-order valence-corrected chi connectivity index (χ0v) is 13.9. The number of ether oxygens (including phenoxy) is 1. The first-order valence-corrected chi connectivity index (χ1v) is 8.98. The highest BCUT2D eigenvalue weighted by Crippen LogP contribution is 2.21. The normalized spacial score (nSPS) is 22.7. The molecule has 1 aromatic heterocycles. The van der Waals surface area contributed by atoms with Crippen LogP contribution in [-0.2, 0) is 19.0 Å². The Kier molecular flexibility index (Phi) is 5.55. The number of aliphatic hydroxyl groups is 1. The summed E-state index contributed by atoms with van der Waals surface area (Å²) in [4.78, 5) is 6.24.